The maximum atomic E-state index is 11.9. The van der Waals surface area contributed by atoms with Gasteiger partial charge in [0.05, 0.1) is 0 Å². The van der Waals surface area contributed by atoms with E-state index in [1.807, 2.05) is 18.2 Å². The fourth-order valence-corrected chi connectivity index (χ4v) is 2.23. The highest BCUT2D eigenvalue weighted by Gasteiger charge is 2.39. The molecule has 3 heteroatoms. The highest BCUT2D eigenvalue weighted by atomic mass is 16.2. The van der Waals surface area contributed by atoms with Gasteiger partial charge in [-0.05, 0) is 30.4 Å². The lowest BCUT2D eigenvalue weighted by molar-refractivity contribution is -0.122. The average Bonchev–Trinajstić information content (AvgIpc) is 3.12. The molecule has 1 aliphatic carbocycles. The highest BCUT2D eigenvalue weighted by molar-refractivity contribution is 5.81. The van der Waals surface area contributed by atoms with E-state index in [0.717, 1.165) is 12.1 Å². The minimum Gasteiger partial charge on any atom is -0.380 e. The second-order valence-corrected chi connectivity index (χ2v) is 5.93. The van der Waals surface area contributed by atoms with Gasteiger partial charge >= 0.3 is 0 Å². The molecule has 0 spiro atoms. The molecule has 1 amide bonds. The van der Waals surface area contributed by atoms with Gasteiger partial charge < -0.3 is 10.6 Å². The summed E-state index contributed by atoms with van der Waals surface area (Å²) in [4.78, 5) is 11.9. The molecular weight excluding hydrogens is 236 g/mol. The third kappa shape index (κ3) is 3.98. The van der Waals surface area contributed by atoms with E-state index in [1.54, 1.807) is 0 Å². The van der Waals surface area contributed by atoms with Gasteiger partial charge in [0.1, 0.15) is 0 Å². The Morgan fingerprint density at radius 2 is 1.95 bits per heavy atom. The molecule has 2 N–H and O–H groups in total. The molecular formula is C16H24N2O. The molecule has 1 aromatic carbocycles. The molecule has 3 nitrogen and oxygen atoms in total. The molecule has 1 saturated carbocycles. The highest BCUT2D eigenvalue weighted by Crippen LogP contribution is 2.37. The topological polar surface area (TPSA) is 41.1 Å². The Bertz CT molecular complexity index is 416. The largest absolute Gasteiger partial charge is 0.380 e. The smallest absolute Gasteiger partial charge is 0.223 e. The lowest BCUT2D eigenvalue weighted by Crippen LogP contribution is -2.40. The Balaban J connectivity index is 1.84. The maximum absolute atomic E-state index is 11.9. The van der Waals surface area contributed by atoms with Crippen LogP contribution < -0.4 is 10.6 Å². The van der Waals surface area contributed by atoms with Crippen molar-refractivity contribution in [1.29, 1.82) is 0 Å². The van der Waals surface area contributed by atoms with Crippen molar-refractivity contribution < 1.29 is 4.79 Å². The number of carbonyl (C=O) groups excluding carboxylic acids is 1. The summed E-state index contributed by atoms with van der Waals surface area (Å²) in [5, 5.41) is 6.56. The molecule has 0 radical (unpaired) electrons. The number of nitrogens with one attached hydrogen (secondary N) is 2. The van der Waals surface area contributed by atoms with Crippen LogP contribution in [0.15, 0.2) is 30.3 Å². The predicted molar refractivity (Wildman–Crippen MR) is 79.0 cm³/mol. The van der Waals surface area contributed by atoms with Crippen LogP contribution in [0.4, 0.5) is 5.69 Å². The van der Waals surface area contributed by atoms with Gasteiger partial charge in [0, 0.05) is 24.2 Å². The molecule has 19 heavy (non-hydrogen) atoms. The number of anilines is 1. The van der Waals surface area contributed by atoms with Crippen LogP contribution in [0.5, 0.6) is 0 Å². The van der Waals surface area contributed by atoms with Crippen LogP contribution in [-0.4, -0.2) is 18.5 Å². The second-order valence-electron chi connectivity index (χ2n) is 5.93. The summed E-state index contributed by atoms with van der Waals surface area (Å²) in [7, 11) is 0. The normalized spacial score (nSPS) is 22.9. The number of amides is 1. The lowest BCUT2D eigenvalue weighted by atomic mass is 10.0. The number of rotatable bonds is 6. The summed E-state index contributed by atoms with van der Waals surface area (Å²) in [5.41, 5.74) is 1.11. The average molecular weight is 260 g/mol. The SMILES string of the molecule is CC(C)C(CNC(=O)C1CC1C)Nc1ccccc1. The second kappa shape index (κ2) is 6.09. The molecule has 0 aliphatic heterocycles. The number of para-hydroxylation sites is 1. The van der Waals surface area contributed by atoms with Gasteiger partial charge in [0.15, 0.2) is 0 Å². The van der Waals surface area contributed by atoms with Gasteiger partial charge in [-0.3, -0.25) is 4.79 Å². The van der Waals surface area contributed by atoms with E-state index >= 15 is 0 Å². The van der Waals surface area contributed by atoms with Gasteiger partial charge in [0.2, 0.25) is 5.91 Å². The first kappa shape index (κ1) is 13.9. The standard InChI is InChI=1S/C16H24N2O/c1-11(2)15(18-13-7-5-4-6-8-13)10-17-16(19)14-9-12(14)3/h4-8,11-12,14-15,18H,9-10H2,1-3H3,(H,17,19). The van der Waals surface area contributed by atoms with Crippen molar-refractivity contribution >= 4 is 11.6 Å². The van der Waals surface area contributed by atoms with Crippen LogP contribution in [0.1, 0.15) is 27.2 Å². The summed E-state index contributed by atoms with van der Waals surface area (Å²) in [5.74, 6) is 1.51. The van der Waals surface area contributed by atoms with Crippen LogP contribution >= 0.6 is 0 Å². The van der Waals surface area contributed by atoms with Crippen LogP contribution in [0.25, 0.3) is 0 Å². The zero-order valence-electron chi connectivity index (χ0n) is 12.0. The van der Waals surface area contributed by atoms with Gasteiger partial charge in [-0.15, -0.1) is 0 Å². The Morgan fingerprint density at radius 3 is 2.47 bits per heavy atom. The number of hydrogen-bond acceptors (Lipinski definition) is 2. The lowest BCUT2D eigenvalue weighted by Gasteiger charge is -2.24. The first-order chi connectivity index (χ1) is 9.08. The van der Waals surface area contributed by atoms with Crippen molar-refractivity contribution in [1.82, 2.24) is 5.32 Å². The third-order valence-electron chi connectivity index (χ3n) is 3.87. The number of carbonyl (C=O) groups is 1. The Kier molecular flexibility index (Phi) is 4.46. The van der Waals surface area contributed by atoms with E-state index < -0.39 is 0 Å². The van der Waals surface area contributed by atoms with E-state index in [-0.39, 0.29) is 17.9 Å². The van der Waals surface area contributed by atoms with Crippen LogP contribution in [0.2, 0.25) is 0 Å². The molecule has 1 aliphatic rings. The van der Waals surface area contributed by atoms with Gasteiger partial charge in [-0.25, -0.2) is 0 Å². The summed E-state index contributed by atoms with van der Waals surface area (Å²) < 4.78 is 0. The molecule has 0 aromatic heterocycles. The fourth-order valence-electron chi connectivity index (χ4n) is 2.23. The first-order valence-corrected chi connectivity index (χ1v) is 7.17. The van der Waals surface area contributed by atoms with E-state index in [0.29, 0.717) is 18.4 Å². The van der Waals surface area contributed by atoms with Crippen molar-refractivity contribution in [3.8, 4) is 0 Å². The van der Waals surface area contributed by atoms with Gasteiger partial charge in [-0.2, -0.15) is 0 Å². The number of benzene rings is 1. The minimum atomic E-state index is 0.216. The maximum Gasteiger partial charge on any atom is 0.223 e. The van der Waals surface area contributed by atoms with Crippen molar-refractivity contribution in [3.63, 3.8) is 0 Å². The van der Waals surface area contributed by atoms with Crippen molar-refractivity contribution in [2.45, 2.75) is 33.2 Å². The zero-order valence-corrected chi connectivity index (χ0v) is 12.0. The molecule has 0 saturated heterocycles. The van der Waals surface area contributed by atoms with Crippen LogP contribution in [-0.2, 0) is 4.79 Å². The van der Waals surface area contributed by atoms with E-state index in [9.17, 15) is 4.79 Å². The summed E-state index contributed by atoms with van der Waals surface area (Å²) in [6, 6.07) is 10.4. The quantitative estimate of drug-likeness (QED) is 0.825. The van der Waals surface area contributed by atoms with Crippen molar-refractivity contribution in [3.05, 3.63) is 30.3 Å². The van der Waals surface area contributed by atoms with Crippen molar-refractivity contribution in [2.24, 2.45) is 17.8 Å². The molecule has 1 fully saturated rings. The summed E-state index contributed by atoms with van der Waals surface area (Å²) in [6.07, 6.45) is 1.05. The monoisotopic (exact) mass is 260 g/mol. The third-order valence-corrected chi connectivity index (χ3v) is 3.87. The molecule has 1 aromatic rings. The van der Waals surface area contributed by atoms with Gasteiger partial charge in [-0.1, -0.05) is 39.0 Å². The summed E-state index contributed by atoms with van der Waals surface area (Å²) >= 11 is 0. The Hall–Kier alpha value is -1.51. The van der Waals surface area contributed by atoms with Crippen molar-refractivity contribution in [2.75, 3.05) is 11.9 Å². The van der Waals surface area contributed by atoms with Gasteiger partial charge in [0.25, 0.3) is 0 Å². The first-order valence-electron chi connectivity index (χ1n) is 7.17. The van der Waals surface area contributed by atoms with Crippen LogP contribution in [0, 0.1) is 17.8 Å². The van der Waals surface area contributed by atoms with E-state index in [2.05, 4.69) is 43.5 Å². The molecule has 3 atom stereocenters. The minimum absolute atomic E-state index is 0.216. The number of hydrogen-bond donors (Lipinski definition) is 2. The molecule has 3 unspecified atom stereocenters. The molecule has 2 rings (SSSR count). The zero-order chi connectivity index (χ0) is 13.8. The summed E-state index contributed by atoms with van der Waals surface area (Å²) in [6.45, 7) is 7.17. The molecule has 0 heterocycles. The Labute approximate surface area is 115 Å². The predicted octanol–water partition coefficient (Wildman–Crippen LogP) is 2.90. The van der Waals surface area contributed by atoms with E-state index in [1.165, 1.54) is 0 Å². The van der Waals surface area contributed by atoms with E-state index in [4.69, 9.17) is 0 Å². The Morgan fingerprint density at radius 1 is 1.32 bits per heavy atom. The molecule has 0 bridgehead atoms. The van der Waals surface area contributed by atoms with Crippen LogP contribution in [0.3, 0.4) is 0 Å². The molecule has 104 valence electrons. The fraction of sp³-hybridized carbons (Fsp3) is 0.562.